The van der Waals surface area contributed by atoms with E-state index in [0.717, 1.165) is 21.4 Å². The maximum Gasteiger partial charge on any atom is 0.243 e. The van der Waals surface area contributed by atoms with Gasteiger partial charge in [-0.25, -0.2) is 0 Å². The van der Waals surface area contributed by atoms with Gasteiger partial charge in [-0.1, -0.05) is 48.5 Å². The fourth-order valence-electron chi connectivity index (χ4n) is 3.37. The Morgan fingerprint density at radius 3 is 2.63 bits per heavy atom. The van der Waals surface area contributed by atoms with E-state index in [-0.39, 0.29) is 30.7 Å². The number of thioether (sulfide) groups is 1. The molecule has 3 amide bonds. The molecule has 0 saturated carbocycles. The second-order valence-corrected chi connectivity index (χ2v) is 8.37. The normalized spacial score (nSPS) is 15.2. The van der Waals surface area contributed by atoms with Crippen LogP contribution in [0.5, 0.6) is 0 Å². The Bertz CT molecular complexity index is 1130. The number of carbonyl (C=O) groups excluding carboxylic acids is 3. The maximum atomic E-state index is 12.6. The van der Waals surface area contributed by atoms with Gasteiger partial charge in [0.25, 0.3) is 0 Å². The van der Waals surface area contributed by atoms with Crippen molar-refractivity contribution in [2.45, 2.75) is 16.6 Å². The van der Waals surface area contributed by atoms with E-state index in [1.807, 2.05) is 66.7 Å². The molecule has 4 rings (SSSR count). The van der Waals surface area contributed by atoms with Gasteiger partial charge >= 0.3 is 0 Å². The third-order valence-electron chi connectivity index (χ3n) is 4.94. The van der Waals surface area contributed by atoms with E-state index >= 15 is 0 Å². The summed E-state index contributed by atoms with van der Waals surface area (Å²) >= 11 is 1.37. The number of benzene rings is 3. The van der Waals surface area contributed by atoms with Crippen molar-refractivity contribution in [1.29, 1.82) is 0 Å². The van der Waals surface area contributed by atoms with E-state index in [0.29, 0.717) is 5.69 Å². The van der Waals surface area contributed by atoms with E-state index in [2.05, 4.69) is 10.6 Å². The molecule has 1 aliphatic rings. The van der Waals surface area contributed by atoms with Gasteiger partial charge in [-0.2, -0.15) is 0 Å². The summed E-state index contributed by atoms with van der Waals surface area (Å²) < 4.78 is 0. The van der Waals surface area contributed by atoms with Gasteiger partial charge in [0.15, 0.2) is 0 Å². The molecule has 0 unspecified atom stereocenters. The molecule has 0 fully saturated rings. The molecule has 1 atom stereocenters. The zero-order valence-electron chi connectivity index (χ0n) is 16.4. The topological polar surface area (TPSA) is 78.5 Å². The minimum absolute atomic E-state index is 0.0306. The zero-order chi connectivity index (χ0) is 21.1. The highest BCUT2D eigenvalue weighted by molar-refractivity contribution is 8.01. The summed E-state index contributed by atoms with van der Waals surface area (Å²) in [4.78, 5) is 39.7. The third kappa shape index (κ3) is 4.31. The van der Waals surface area contributed by atoms with E-state index in [1.54, 1.807) is 7.05 Å². The number of fused-ring (bicyclic) bond motifs is 2. The first-order valence-electron chi connectivity index (χ1n) is 9.59. The quantitative estimate of drug-likeness (QED) is 0.660. The number of carbonyl (C=O) groups is 3. The summed E-state index contributed by atoms with van der Waals surface area (Å²) in [5, 5.41) is 7.17. The van der Waals surface area contributed by atoms with Crippen molar-refractivity contribution in [3.05, 3.63) is 66.7 Å². The van der Waals surface area contributed by atoms with Gasteiger partial charge in [0, 0.05) is 29.4 Å². The number of nitrogens with one attached hydrogen (secondary N) is 2. The summed E-state index contributed by atoms with van der Waals surface area (Å²) in [5.41, 5.74) is 1.47. The number of hydrogen-bond acceptors (Lipinski definition) is 4. The lowest BCUT2D eigenvalue weighted by molar-refractivity contribution is -0.134. The molecule has 7 heteroatoms. The summed E-state index contributed by atoms with van der Waals surface area (Å²) in [7, 11) is 1.57. The molecule has 2 N–H and O–H groups in total. The number of para-hydroxylation sites is 1. The van der Waals surface area contributed by atoms with Crippen LogP contribution in [0.3, 0.4) is 0 Å². The molecule has 6 nitrogen and oxygen atoms in total. The largest absolute Gasteiger partial charge is 0.336 e. The van der Waals surface area contributed by atoms with Crippen LogP contribution in [0, 0.1) is 0 Å². The molecule has 1 heterocycles. The van der Waals surface area contributed by atoms with Gasteiger partial charge in [0.05, 0.1) is 17.5 Å². The van der Waals surface area contributed by atoms with Gasteiger partial charge in [0.1, 0.15) is 0 Å². The Morgan fingerprint density at radius 1 is 1.03 bits per heavy atom. The summed E-state index contributed by atoms with van der Waals surface area (Å²) in [5.74, 6) is -0.732. The van der Waals surface area contributed by atoms with E-state index < -0.39 is 5.25 Å². The fraction of sp³-hybridized carbons (Fsp3) is 0.174. The lowest BCUT2D eigenvalue weighted by atomic mass is 10.1. The predicted molar refractivity (Wildman–Crippen MR) is 120 cm³/mol. The SMILES string of the molecule is CN(CC(=O)Nc1cccc2ccccc12)C(=O)C[C@H]1Sc2ccccc2NC1=O. The first-order chi connectivity index (χ1) is 14.5. The van der Waals surface area contributed by atoms with Crippen molar-refractivity contribution < 1.29 is 14.4 Å². The monoisotopic (exact) mass is 419 g/mol. The van der Waals surface area contributed by atoms with Crippen molar-refractivity contribution >= 4 is 51.6 Å². The molecular formula is C23H21N3O3S. The summed E-state index contributed by atoms with van der Waals surface area (Å²) in [6.07, 6.45) is 0.0306. The summed E-state index contributed by atoms with van der Waals surface area (Å²) in [6, 6.07) is 21.0. The lowest BCUT2D eigenvalue weighted by Gasteiger charge is -2.25. The van der Waals surface area contributed by atoms with Crippen molar-refractivity contribution in [3.8, 4) is 0 Å². The Hall–Kier alpha value is -3.32. The average molecular weight is 420 g/mol. The van der Waals surface area contributed by atoms with E-state index in [9.17, 15) is 14.4 Å². The van der Waals surface area contributed by atoms with Gasteiger partial charge in [0.2, 0.25) is 17.7 Å². The van der Waals surface area contributed by atoms with Crippen LogP contribution < -0.4 is 10.6 Å². The Balaban J connectivity index is 1.36. The van der Waals surface area contributed by atoms with Crippen molar-refractivity contribution in [1.82, 2.24) is 4.90 Å². The van der Waals surface area contributed by atoms with Gasteiger partial charge in [-0.3, -0.25) is 14.4 Å². The number of likely N-dealkylation sites (N-methyl/N-ethyl adjacent to an activating group) is 1. The minimum Gasteiger partial charge on any atom is -0.336 e. The maximum absolute atomic E-state index is 12.6. The number of rotatable bonds is 5. The lowest BCUT2D eigenvalue weighted by Crippen LogP contribution is -2.39. The van der Waals surface area contributed by atoms with Crippen LogP contribution in [0.2, 0.25) is 0 Å². The molecule has 0 radical (unpaired) electrons. The van der Waals surface area contributed by atoms with Crippen LogP contribution in [-0.4, -0.2) is 41.5 Å². The van der Waals surface area contributed by atoms with Crippen LogP contribution in [0.15, 0.2) is 71.6 Å². The van der Waals surface area contributed by atoms with E-state index in [4.69, 9.17) is 0 Å². The first-order valence-corrected chi connectivity index (χ1v) is 10.5. The molecule has 1 aliphatic heterocycles. The Kier molecular flexibility index (Phi) is 5.72. The second-order valence-electron chi connectivity index (χ2n) is 7.12. The number of amides is 3. The number of anilines is 2. The molecule has 3 aromatic carbocycles. The predicted octanol–water partition coefficient (Wildman–Crippen LogP) is 3.74. The highest BCUT2D eigenvalue weighted by atomic mass is 32.2. The molecule has 0 aliphatic carbocycles. The Labute approximate surface area is 178 Å². The van der Waals surface area contributed by atoms with Gasteiger partial charge in [-0.05, 0) is 23.6 Å². The van der Waals surface area contributed by atoms with Crippen LogP contribution in [0.4, 0.5) is 11.4 Å². The standard InChI is InChI=1S/C23H21N3O3S/c1-26(14-21(27)24-17-11-6-8-15-7-2-3-9-16(15)17)22(28)13-20-23(29)25-18-10-4-5-12-19(18)30-20/h2-12,20H,13-14H2,1H3,(H,24,27)(H,25,29)/t20-/m1/s1. The molecule has 0 saturated heterocycles. The molecule has 30 heavy (non-hydrogen) atoms. The van der Waals surface area contributed by atoms with Crippen molar-refractivity contribution in [2.24, 2.45) is 0 Å². The van der Waals surface area contributed by atoms with E-state index in [1.165, 1.54) is 16.7 Å². The highest BCUT2D eigenvalue weighted by Gasteiger charge is 2.30. The summed E-state index contributed by atoms with van der Waals surface area (Å²) in [6.45, 7) is -0.0857. The van der Waals surface area contributed by atoms with Crippen molar-refractivity contribution in [3.63, 3.8) is 0 Å². The minimum atomic E-state index is -0.518. The molecule has 0 spiro atoms. The molecule has 152 valence electrons. The molecule has 0 bridgehead atoms. The zero-order valence-corrected chi connectivity index (χ0v) is 17.2. The van der Waals surface area contributed by atoms with Crippen molar-refractivity contribution in [2.75, 3.05) is 24.2 Å². The highest BCUT2D eigenvalue weighted by Crippen LogP contribution is 2.36. The fourth-order valence-corrected chi connectivity index (χ4v) is 4.47. The van der Waals surface area contributed by atoms with Crippen LogP contribution in [0.25, 0.3) is 10.8 Å². The number of nitrogens with zero attached hydrogens (tertiary/aromatic N) is 1. The van der Waals surface area contributed by atoms with Gasteiger partial charge < -0.3 is 15.5 Å². The first kappa shape index (κ1) is 20.0. The smallest absolute Gasteiger partial charge is 0.243 e. The van der Waals surface area contributed by atoms with Gasteiger partial charge in [-0.15, -0.1) is 11.8 Å². The number of hydrogen-bond donors (Lipinski definition) is 2. The Morgan fingerprint density at radius 2 is 1.77 bits per heavy atom. The molecule has 3 aromatic rings. The van der Waals surface area contributed by atoms with Crippen LogP contribution in [-0.2, 0) is 14.4 Å². The van der Waals surface area contributed by atoms with Crippen LogP contribution in [0.1, 0.15) is 6.42 Å². The third-order valence-corrected chi connectivity index (χ3v) is 6.21. The average Bonchev–Trinajstić information content (AvgIpc) is 2.74. The second kappa shape index (κ2) is 8.59. The molecule has 0 aromatic heterocycles. The molecular weight excluding hydrogens is 398 g/mol. The van der Waals surface area contributed by atoms with Crippen LogP contribution >= 0.6 is 11.8 Å².